The summed E-state index contributed by atoms with van der Waals surface area (Å²) in [7, 11) is 1.82. The van der Waals surface area contributed by atoms with Gasteiger partial charge in [-0.1, -0.05) is 35.1 Å². The monoisotopic (exact) mass is 617 g/mol. The predicted octanol–water partition coefficient (Wildman–Crippen LogP) is 6.64. The minimum Gasteiger partial charge on any atom is -0.403 e. The molecule has 1 atom stereocenters. The third-order valence-electron chi connectivity index (χ3n) is 7.74. The van der Waals surface area contributed by atoms with Crippen LogP contribution < -0.4 is 15.8 Å². The summed E-state index contributed by atoms with van der Waals surface area (Å²) in [6, 6.07) is 7.83. The highest BCUT2D eigenvalue weighted by Crippen LogP contribution is 2.48. The second kappa shape index (κ2) is 12.9. The second-order valence-electron chi connectivity index (χ2n) is 10.3. The summed E-state index contributed by atoms with van der Waals surface area (Å²) < 4.78 is 18.1. The number of rotatable bonds is 10. The van der Waals surface area contributed by atoms with Crippen molar-refractivity contribution in [2.24, 2.45) is 10.8 Å². The van der Waals surface area contributed by atoms with Gasteiger partial charge < -0.3 is 21.4 Å². The van der Waals surface area contributed by atoms with E-state index >= 15 is 0 Å². The molecule has 2 aliphatic rings. The van der Waals surface area contributed by atoms with Crippen LogP contribution in [0.4, 0.5) is 4.39 Å². The number of nitrogens with two attached hydrogens (primary N) is 1. The predicted molar refractivity (Wildman–Crippen MR) is 165 cm³/mol. The van der Waals surface area contributed by atoms with Gasteiger partial charge in [-0.3, -0.25) is 9.52 Å². The number of likely N-dealkylation sites (tertiary alicyclic amines) is 1. The van der Waals surface area contributed by atoms with Crippen molar-refractivity contribution in [2.45, 2.75) is 50.6 Å². The van der Waals surface area contributed by atoms with Gasteiger partial charge in [0.1, 0.15) is 5.82 Å². The van der Waals surface area contributed by atoms with Crippen molar-refractivity contribution >= 4 is 52.5 Å². The van der Waals surface area contributed by atoms with Crippen molar-refractivity contribution in [3.05, 3.63) is 85.9 Å². The van der Waals surface area contributed by atoms with Gasteiger partial charge in [0.15, 0.2) is 0 Å². The van der Waals surface area contributed by atoms with E-state index in [0.29, 0.717) is 35.0 Å². The summed E-state index contributed by atoms with van der Waals surface area (Å²) in [5.41, 5.74) is 17.2. The first-order chi connectivity index (χ1) is 19.6. The number of aryl methyl sites for hydroxylation is 1. The van der Waals surface area contributed by atoms with Gasteiger partial charge in [-0.2, -0.15) is 5.11 Å². The van der Waals surface area contributed by atoms with Crippen LogP contribution in [0.1, 0.15) is 59.7 Å². The standard InChI is InChI=1S/C29H34Cl2FN7OS/c1-16-26(34)23(27(36-2)18-10-19(13-20(30)11-18)29(7-8-29)38-41-3)6-9-39(16)28(40)24-14-21(32)12-17(25(24)31)4-5-22(15-33)37-35/h10-16,34-36,38H,4-9,33H2,1-3H3/b22-15-,27-23-,34-26?,37-35?. The molecule has 8 nitrogen and oxygen atoms in total. The summed E-state index contributed by atoms with van der Waals surface area (Å²) in [5.74, 6) is -1.03. The molecule has 0 bridgehead atoms. The normalized spacial score (nSPS) is 19.7. The minimum absolute atomic E-state index is 0.0409. The Balaban J connectivity index is 1.61. The lowest BCUT2D eigenvalue weighted by molar-refractivity contribution is 0.0728. The fraction of sp³-hybridized carbons (Fsp3) is 0.379. The van der Waals surface area contributed by atoms with Gasteiger partial charge in [0.2, 0.25) is 0 Å². The van der Waals surface area contributed by atoms with Crippen molar-refractivity contribution in [1.82, 2.24) is 14.9 Å². The van der Waals surface area contributed by atoms with Gasteiger partial charge in [0, 0.05) is 36.1 Å². The molecule has 2 fully saturated rings. The van der Waals surface area contributed by atoms with Crippen LogP contribution in [0.25, 0.3) is 5.70 Å². The Morgan fingerprint density at radius 3 is 2.63 bits per heavy atom. The number of carbonyl (C=O) groups is 1. The van der Waals surface area contributed by atoms with Crippen LogP contribution in [-0.4, -0.2) is 42.4 Å². The lowest BCUT2D eigenvalue weighted by Crippen LogP contribution is -2.48. The minimum atomic E-state index is -0.590. The highest BCUT2D eigenvalue weighted by molar-refractivity contribution is 7.96. The van der Waals surface area contributed by atoms with Gasteiger partial charge in [0.05, 0.1) is 33.6 Å². The van der Waals surface area contributed by atoms with E-state index < -0.39 is 17.8 Å². The summed E-state index contributed by atoms with van der Waals surface area (Å²) in [6.45, 7) is 2.12. The van der Waals surface area contributed by atoms with E-state index in [1.165, 1.54) is 12.3 Å². The van der Waals surface area contributed by atoms with Crippen molar-refractivity contribution in [1.29, 1.82) is 10.9 Å². The van der Waals surface area contributed by atoms with E-state index in [4.69, 9.17) is 39.9 Å². The van der Waals surface area contributed by atoms with Crippen molar-refractivity contribution in [2.75, 3.05) is 19.8 Å². The molecule has 1 unspecified atom stereocenters. The van der Waals surface area contributed by atoms with Crippen molar-refractivity contribution < 1.29 is 9.18 Å². The van der Waals surface area contributed by atoms with Gasteiger partial charge in [-0.25, -0.2) is 9.92 Å². The first kappa shape index (κ1) is 31.0. The molecule has 1 amide bonds. The molecule has 1 aliphatic heterocycles. The smallest absolute Gasteiger partial charge is 0.256 e. The molecule has 2 aromatic carbocycles. The van der Waals surface area contributed by atoms with Gasteiger partial charge in [-0.15, -0.1) is 0 Å². The van der Waals surface area contributed by atoms with Crippen LogP contribution >= 0.6 is 35.1 Å². The molecule has 6 N–H and O–H groups in total. The fourth-order valence-electron chi connectivity index (χ4n) is 5.33. The van der Waals surface area contributed by atoms with Gasteiger partial charge in [-0.05, 0) is 92.3 Å². The third-order valence-corrected chi connectivity index (χ3v) is 9.00. The van der Waals surface area contributed by atoms with Gasteiger partial charge >= 0.3 is 0 Å². The Labute approximate surface area is 254 Å². The zero-order valence-corrected chi connectivity index (χ0v) is 25.5. The topological polar surface area (TPSA) is 130 Å². The molecule has 41 heavy (non-hydrogen) atoms. The lowest BCUT2D eigenvalue weighted by Gasteiger charge is -2.37. The van der Waals surface area contributed by atoms with Crippen LogP contribution in [0.5, 0.6) is 0 Å². The Morgan fingerprint density at radius 1 is 1.29 bits per heavy atom. The molecule has 1 aliphatic carbocycles. The highest BCUT2D eigenvalue weighted by Gasteiger charge is 2.44. The van der Waals surface area contributed by atoms with Crippen LogP contribution in [0, 0.1) is 16.8 Å². The van der Waals surface area contributed by atoms with E-state index in [0.717, 1.165) is 41.3 Å². The Bertz CT molecular complexity index is 1440. The Morgan fingerprint density at radius 2 is 2.02 bits per heavy atom. The summed E-state index contributed by atoms with van der Waals surface area (Å²) in [4.78, 5) is 15.2. The van der Waals surface area contributed by atoms with E-state index in [1.54, 1.807) is 23.8 Å². The molecule has 2 aromatic rings. The molecule has 12 heteroatoms. The summed E-state index contributed by atoms with van der Waals surface area (Å²) in [5, 5.41) is 16.4. The number of nitrogens with one attached hydrogen (secondary N) is 4. The molecule has 1 heterocycles. The number of nitrogens with zero attached hydrogens (tertiary/aromatic N) is 2. The van der Waals surface area contributed by atoms with E-state index in [9.17, 15) is 9.18 Å². The first-order valence-electron chi connectivity index (χ1n) is 13.3. The molecule has 1 saturated heterocycles. The molecule has 0 radical (unpaired) electrons. The molecule has 0 spiro atoms. The fourth-order valence-corrected chi connectivity index (χ4v) is 6.56. The number of halogens is 3. The molecule has 1 saturated carbocycles. The number of carbonyl (C=O) groups excluding carboxylic acids is 1. The third kappa shape index (κ3) is 6.45. The molecular weight excluding hydrogens is 584 g/mol. The Kier molecular flexibility index (Phi) is 9.79. The number of piperidine rings is 1. The number of hydrogen-bond donors (Lipinski definition) is 5. The van der Waals surface area contributed by atoms with Gasteiger partial charge in [0.25, 0.3) is 5.91 Å². The van der Waals surface area contributed by atoms with Crippen molar-refractivity contribution in [3.63, 3.8) is 0 Å². The maximum absolute atomic E-state index is 14.6. The van der Waals surface area contributed by atoms with Crippen LogP contribution in [0.15, 0.2) is 52.9 Å². The molecular formula is C29H34Cl2FN7OS. The Hall–Kier alpha value is -2.92. The average molecular weight is 619 g/mol. The number of hydrogen-bond acceptors (Lipinski definition) is 8. The van der Waals surface area contributed by atoms with Crippen molar-refractivity contribution in [3.8, 4) is 0 Å². The summed E-state index contributed by atoms with van der Waals surface area (Å²) in [6.07, 6.45) is 6.25. The summed E-state index contributed by atoms with van der Waals surface area (Å²) >= 11 is 14.7. The molecule has 0 aromatic heterocycles. The number of amides is 1. The highest BCUT2D eigenvalue weighted by atomic mass is 35.5. The van der Waals surface area contributed by atoms with E-state index in [2.05, 4.69) is 21.2 Å². The van der Waals surface area contributed by atoms with E-state index in [-0.39, 0.29) is 29.0 Å². The maximum atomic E-state index is 14.6. The quantitative estimate of drug-likeness (QED) is 0.151. The largest absolute Gasteiger partial charge is 0.403 e. The second-order valence-corrected chi connectivity index (χ2v) is 11.7. The van der Waals surface area contributed by atoms with Crippen LogP contribution in [0.3, 0.4) is 0 Å². The van der Waals surface area contributed by atoms with Crippen LogP contribution in [-0.2, 0) is 12.0 Å². The number of benzene rings is 2. The van der Waals surface area contributed by atoms with E-state index in [1.807, 2.05) is 25.4 Å². The first-order valence-corrected chi connectivity index (χ1v) is 15.3. The maximum Gasteiger partial charge on any atom is 0.256 e. The SMILES string of the molecule is CN/C(=C1/CCN(C(=O)c2cc(F)cc(CC/C(=C/N)N=N)c2Cl)C(C)C1=N)c1cc(Cl)cc(C2(NSC)CC2)c1. The lowest BCUT2D eigenvalue weighted by atomic mass is 9.89. The molecule has 218 valence electrons. The molecule has 4 rings (SSSR count). The zero-order valence-electron chi connectivity index (χ0n) is 23.2. The zero-order chi connectivity index (χ0) is 29.9. The number of allylic oxidation sites excluding steroid dienone is 1. The average Bonchev–Trinajstić information content (AvgIpc) is 3.74. The van der Waals surface area contributed by atoms with Crippen LogP contribution in [0.2, 0.25) is 10.0 Å².